The molecule has 0 bridgehead atoms. The first kappa shape index (κ1) is 22.3. The highest BCUT2D eigenvalue weighted by Gasteiger charge is 2.40. The lowest BCUT2D eigenvalue weighted by molar-refractivity contribution is -0.140. The van der Waals surface area contributed by atoms with Gasteiger partial charge in [0.25, 0.3) is 0 Å². The van der Waals surface area contributed by atoms with E-state index < -0.39 is 16.0 Å². The van der Waals surface area contributed by atoms with Crippen LogP contribution in [-0.2, 0) is 26.2 Å². The summed E-state index contributed by atoms with van der Waals surface area (Å²) in [7, 11) is -3.78. The summed E-state index contributed by atoms with van der Waals surface area (Å²) in [6.45, 7) is 2.31. The van der Waals surface area contributed by atoms with Crippen LogP contribution in [0.1, 0.15) is 23.1 Å². The molecule has 1 aliphatic carbocycles. The molecule has 0 radical (unpaired) electrons. The molecular formula is C28H25NO4S. The quantitative estimate of drug-likeness (QED) is 0.480. The molecule has 34 heavy (non-hydrogen) atoms. The van der Waals surface area contributed by atoms with E-state index in [-0.39, 0.29) is 24.6 Å². The summed E-state index contributed by atoms with van der Waals surface area (Å²) in [5, 5.41) is 0. The highest BCUT2D eigenvalue weighted by atomic mass is 32.2. The lowest BCUT2D eigenvalue weighted by Crippen LogP contribution is -2.42. The maximum atomic E-state index is 13.5. The van der Waals surface area contributed by atoms with Crippen LogP contribution in [0.3, 0.4) is 0 Å². The minimum Gasteiger partial charge on any atom is -0.457 e. The van der Waals surface area contributed by atoms with Crippen LogP contribution in [0.5, 0.6) is 0 Å². The summed E-state index contributed by atoms with van der Waals surface area (Å²) in [5.41, 5.74) is 6.23. The highest BCUT2D eigenvalue weighted by molar-refractivity contribution is 7.89. The van der Waals surface area contributed by atoms with E-state index in [1.807, 2.05) is 67.6 Å². The van der Waals surface area contributed by atoms with Crippen LogP contribution in [-0.4, -0.2) is 31.8 Å². The Hall–Kier alpha value is -3.48. The van der Waals surface area contributed by atoms with E-state index in [0.717, 1.165) is 33.4 Å². The van der Waals surface area contributed by atoms with E-state index in [1.165, 1.54) is 4.31 Å². The molecule has 0 saturated heterocycles. The fourth-order valence-electron chi connectivity index (χ4n) is 4.39. The molecule has 0 atom stereocenters. The zero-order valence-corrected chi connectivity index (χ0v) is 19.7. The van der Waals surface area contributed by atoms with E-state index in [2.05, 4.69) is 0 Å². The van der Waals surface area contributed by atoms with Crippen LogP contribution >= 0.6 is 0 Å². The fourth-order valence-corrected chi connectivity index (χ4v) is 5.77. The van der Waals surface area contributed by atoms with Crippen molar-refractivity contribution in [3.05, 3.63) is 118 Å². The number of carbonyl (C=O) groups excluding carboxylic acids is 1. The fraction of sp³-hybridized carbons (Fsp3) is 0.179. The van der Waals surface area contributed by atoms with Gasteiger partial charge in [-0.15, -0.1) is 0 Å². The van der Waals surface area contributed by atoms with E-state index in [1.54, 1.807) is 24.3 Å². The number of benzene rings is 3. The van der Waals surface area contributed by atoms with Crippen LogP contribution in [0.2, 0.25) is 0 Å². The molecule has 6 heteroatoms. The number of aryl methyl sites for hydroxylation is 1. The standard InChI is InChI=1S/C28H25NO4S/c1-20-12-14-23(15-13-20)34(31,32)29-17-26-24(22-10-6-3-7-11-22)16-25(26)27(18-29)28(30)33-19-21-8-4-2-5-9-21/h2-15H,16-19H2,1H3. The SMILES string of the molecule is Cc1ccc(S(=O)(=O)N2CC(C(=O)OCc3ccccc3)=C3CC(c4ccccc4)=C3C2)cc1. The second-order valence-electron chi connectivity index (χ2n) is 8.60. The minimum absolute atomic E-state index is 0.00470. The zero-order valence-electron chi connectivity index (χ0n) is 18.9. The van der Waals surface area contributed by atoms with Gasteiger partial charge in [0.2, 0.25) is 10.0 Å². The smallest absolute Gasteiger partial charge is 0.336 e. The maximum Gasteiger partial charge on any atom is 0.336 e. The Bertz CT molecular complexity index is 1390. The van der Waals surface area contributed by atoms with Crippen LogP contribution < -0.4 is 0 Å². The lowest BCUT2D eigenvalue weighted by Gasteiger charge is -2.38. The molecule has 0 N–H and O–H groups in total. The summed E-state index contributed by atoms with van der Waals surface area (Å²) in [6.07, 6.45) is 0.632. The molecule has 0 spiro atoms. The van der Waals surface area contributed by atoms with E-state index in [0.29, 0.717) is 12.0 Å². The molecule has 1 heterocycles. The van der Waals surface area contributed by atoms with Crippen molar-refractivity contribution in [2.45, 2.75) is 24.8 Å². The van der Waals surface area contributed by atoms with Gasteiger partial charge < -0.3 is 4.74 Å². The number of carbonyl (C=O) groups is 1. The number of sulfonamides is 1. The van der Waals surface area contributed by atoms with Crippen molar-refractivity contribution >= 4 is 21.6 Å². The second-order valence-corrected chi connectivity index (χ2v) is 10.5. The highest BCUT2D eigenvalue weighted by Crippen LogP contribution is 2.46. The summed E-state index contributed by atoms with van der Waals surface area (Å²) in [5.74, 6) is -0.465. The van der Waals surface area contributed by atoms with E-state index in [4.69, 9.17) is 4.74 Å². The van der Waals surface area contributed by atoms with Gasteiger partial charge in [-0.1, -0.05) is 78.4 Å². The number of rotatable bonds is 6. The number of esters is 1. The van der Waals surface area contributed by atoms with Crippen molar-refractivity contribution < 1.29 is 17.9 Å². The second kappa shape index (κ2) is 9.05. The van der Waals surface area contributed by atoms with Crippen molar-refractivity contribution in [2.24, 2.45) is 0 Å². The van der Waals surface area contributed by atoms with Gasteiger partial charge in [0.05, 0.1) is 10.5 Å². The molecule has 5 nitrogen and oxygen atoms in total. The van der Waals surface area contributed by atoms with Crippen LogP contribution in [0, 0.1) is 6.92 Å². The molecule has 0 saturated carbocycles. The molecule has 0 unspecified atom stereocenters. The van der Waals surface area contributed by atoms with Gasteiger partial charge in [0.15, 0.2) is 0 Å². The Morgan fingerprint density at radius 2 is 1.47 bits per heavy atom. The Balaban J connectivity index is 1.49. The lowest BCUT2D eigenvalue weighted by atomic mass is 9.75. The predicted molar refractivity (Wildman–Crippen MR) is 131 cm³/mol. The zero-order chi connectivity index (χ0) is 23.7. The number of allylic oxidation sites excluding steroid dienone is 1. The molecule has 0 aromatic heterocycles. The molecular weight excluding hydrogens is 446 g/mol. The largest absolute Gasteiger partial charge is 0.457 e. The normalized spacial score (nSPS) is 16.1. The first-order chi connectivity index (χ1) is 16.4. The predicted octanol–water partition coefficient (Wildman–Crippen LogP) is 4.90. The number of nitrogens with zero attached hydrogens (tertiary/aromatic N) is 1. The molecule has 3 aromatic rings. The van der Waals surface area contributed by atoms with E-state index >= 15 is 0 Å². The van der Waals surface area contributed by atoms with Crippen LogP contribution in [0.25, 0.3) is 5.57 Å². The summed E-state index contributed by atoms with van der Waals surface area (Å²) < 4.78 is 34.0. The van der Waals surface area contributed by atoms with Crippen molar-refractivity contribution in [2.75, 3.05) is 13.1 Å². The first-order valence-electron chi connectivity index (χ1n) is 11.2. The maximum absolute atomic E-state index is 13.5. The van der Waals surface area contributed by atoms with Gasteiger partial charge in [0, 0.05) is 13.1 Å². The summed E-state index contributed by atoms with van der Waals surface area (Å²) in [6, 6.07) is 26.2. The van der Waals surface area contributed by atoms with Crippen LogP contribution in [0.4, 0.5) is 0 Å². The third kappa shape index (κ3) is 4.22. The van der Waals surface area contributed by atoms with Crippen molar-refractivity contribution in [3.63, 3.8) is 0 Å². The van der Waals surface area contributed by atoms with Gasteiger partial charge in [0.1, 0.15) is 6.61 Å². The third-order valence-corrected chi connectivity index (χ3v) is 8.16. The monoisotopic (exact) mass is 471 g/mol. The Morgan fingerprint density at radius 1 is 0.824 bits per heavy atom. The minimum atomic E-state index is -3.78. The van der Waals surface area contributed by atoms with Gasteiger partial charge in [-0.2, -0.15) is 4.31 Å². The topological polar surface area (TPSA) is 63.7 Å². The van der Waals surface area contributed by atoms with Crippen LogP contribution in [0.15, 0.2) is 107 Å². The van der Waals surface area contributed by atoms with Crippen molar-refractivity contribution in [1.82, 2.24) is 4.31 Å². The average Bonchev–Trinajstić information content (AvgIpc) is 2.84. The Morgan fingerprint density at radius 3 is 2.15 bits per heavy atom. The van der Waals surface area contributed by atoms with Crippen molar-refractivity contribution in [3.8, 4) is 0 Å². The molecule has 3 aromatic carbocycles. The Labute approximate surface area is 200 Å². The number of hydrogen-bond acceptors (Lipinski definition) is 4. The molecule has 1 aliphatic heterocycles. The number of fused-ring (bicyclic) bond motifs is 1. The average molecular weight is 472 g/mol. The van der Waals surface area contributed by atoms with E-state index in [9.17, 15) is 13.2 Å². The molecule has 2 aliphatic rings. The summed E-state index contributed by atoms with van der Waals surface area (Å²) in [4.78, 5) is 13.4. The summed E-state index contributed by atoms with van der Waals surface area (Å²) >= 11 is 0. The van der Waals surface area contributed by atoms with Crippen molar-refractivity contribution in [1.29, 1.82) is 0 Å². The van der Waals surface area contributed by atoms with Gasteiger partial charge in [-0.05, 0) is 53.3 Å². The number of ether oxygens (including phenoxy) is 1. The molecule has 172 valence electrons. The third-order valence-electron chi connectivity index (χ3n) is 6.36. The first-order valence-corrected chi connectivity index (χ1v) is 12.6. The van der Waals surface area contributed by atoms with Gasteiger partial charge in [-0.25, -0.2) is 13.2 Å². The molecule has 0 fully saturated rings. The molecule has 0 amide bonds. The molecule has 5 rings (SSSR count). The van der Waals surface area contributed by atoms with Gasteiger partial charge in [-0.3, -0.25) is 0 Å². The van der Waals surface area contributed by atoms with Gasteiger partial charge >= 0.3 is 5.97 Å². The number of hydrogen-bond donors (Lipinski definition) is 0. The Kier molecular flexibility index (Phi) is 5.94.